The van der Waals surface area contributed by atoms with Gasteiger partial charge in [0, 0.05) is 5.56 Å². The Bertz CT molecular complexity index is 887. The maximum atomic E-state index is 12.7. The highest BCUT2D eigenvalue weighted by atomic mass is 32.2. The molecule has 26 heavy (non-hydrogen) atoms. The number of Topliss-reactive ketones (excluding diaryl/α,β-unsaturated/α-hetero) is 1. The number of hydrogen-bond acceptors (Lipinski definition) is 5. The summed E-state index contributed by atoms with van der Waals surface area (Å²) in [6.07, 6.45) is 0. The second-order valence-electron chi connectivity index (χ2n) is 5.85. The van der Waals surface area contributed by atoms with Crippen LogP contribution in [0.15, 0.2) is 53.4 Å². The molecule has 0 saturated heterocycles. The smallest absolute Gasteiger partial charge is 0.332 e. The number of ketones is 1. The number of hydrogen-bond donors (Lipinski definition) is 1. The van der Waals surface area contributed by atoms with Crippen LogP contribution in [0.4, 0.5) is 0 Å². The van der Waals surface area contributed by atoms with Crippen LogP contribution >= 0.6 is 0 Å². The van der Waals surface area contributed by atoms with E-state index in [2.05, 4.69) is 4.72 Å². The largest absolute Gasteiger partial charge is 0.464 e. The van der Waals surface area contributed by atoms with Gasteiger partial charge in [-0.25, -0.2) is 13.2 Å². The minimum Gasteiger partial charge on any atom is -0.464 e. The molecular formula is C19H21NO5S. The molecule has 0 fully saturated rings. The van der Waals surface area contributed by atoms with Gasteiger partial charge in [-0.3, -0.25) is 4.79 Å². The number of ether oxygens (including phenoxy) is 1. The molecule has 2 rings (SSSR count). The normalized spacial score (nSPS) is 12.4. The van der Waals surface area contributed by atoms with Gasteiger partial charge in [0.15, 0.2) is 11.8 Å². The van der Waals surface area contributed by atoms with E-state index in [0.717, 1.165) is 11.1 Å². The van der Waals surface area contributed by atoms with Crippen molar-refractivity contribution >= 4 is 21.8 Å². The molecule has 6 nitrogen and oxygen atoms in total. The van der Waals surface area contributed by atoms with Gasteiger partial charge in [-0.1, -0.05) is 47.5 Å². The van der Waals surface area contributed by atoms with Crippen molar-refractivity contribution in [2.24, 2.45) is 0 Å². The summed E-state index contributed by atoms with van der Waals surface area (Å²) < 4.78 is 32.2. The number of benzene rings is 2. The van der Waals surface area contributed by atoms with E-state index in [9.17, 15) is 18.0 Å². The second kappa shape index (κ2) is 8.25. The van der Waals surface area contributed by atoms with Crippen molar-refractivity contribution < 1.29 is 22.7 Å². The molecule has 7 heteroatoms. The van der Waals surface area contributed by atoms with Gasteiger partial charge in [0.1, 0.15) is 0 Å². The molecule has 2 aromatic rings. The Hall–Kier alpha value is -2.51. The van der Waals surface area contributed by atoms with E-state index in [-0.39, 0.29) is 17.1 Å². The minimum atomic E-state index is -4.07. The van der Waals surface area contributed by atoms with Crippen LogP contribution in [-0.2, 0) is 19.6 Å². The second-order valence-corrected chi connectivity index (χ2v) is 7.56. The Kier molecular flexibility index (Phi) is 6.28. The molecule has 0 saturated carbocycles. The van der Waals surface area contributed by atoms with Crippen molar-refractivity contribution in [2.75, 3.05) is 6.61 Å². The van der Waals surface area contributed by atoms with Crippen molar-refractivity contribution in [1.29, 1.82) is 0 Å². The number of rotatable bonds is 7. The van der Waals surface area contributed by atoms with Crippen molar-refractivity contribution in [1.82, 2.24) is 4.72 Å². The third-order valence-corrected chi connectivity index (χ3v) is 5.16. The van der Waals surface area contributed by atoms with Gasteiger partial charge in [0.25, 0.3) is 0 Å². The summed E-state index contributed by atoms with van der Waals surface area (Å²) in [4.78, 5) is 24.9. The first kappa shape index (κ1) is 19.8. The van der Waals surface area contributed by atoms with Gasteiger partial charge in [-0.2, -0.15) is 4.72 Å². The molecule has 0 aliphatic carbocycles. The predicted molar refractivity (Wildman–Crippen MR) is 97.4 cm³/mol. The molecule has 2 aromatic carbocycles. The lowest BCUT2D eigenvalue weighted by Gasteiger charge is -2.17. The van der Waals surface area contributed by atoms with Crippen molar-refractivity contribution in [3.8, 4) is 0 Å². The summed E-state index contributed by atoms with van der Waals surface area (Å²) in [7, 11) is -4.07. The van der Waals surface area contributed by atoms with Gasteiger partial charge >= 0.3 is 5.97 Å². The number of carbonyl (C=O) groups excluding carboxylic acids is 2. The first-order valence-electron chi connectivity index (χ1n) is 8.11. The molecule has 0 spiro atoms. The molecule has 0 radical (unpaired) electrons. The fourth-order valence-electron chi connectivity index (χ4n) is 2.26. The van der Waals surface area contributed by atoms with Crippen LogP contribution in [0.25, 0.3) is 0 Å². The fraction of sp³-hybridized carbons (Fsp3) is 0.263. The van der Waals surface area contributed by atoms with E-state index in [1.54, 1.807) is 43.3 Å². The van der Waals surface area contributed by atoms with Crippen molar-refractivity contribution in [3.05, 3.63) is 65.2 Å². The number of nitrogens with one attached hydrogen (secondary N) is 1. The van der Waals surface area contributed by atoms with Crippen LogP contribution in [0.2, 0.25) is 0 Å². The van der Waals surface area contributed by atoms with Crippen LogP contribution in [-0.4, -0.2) is 32.8 Å². The highest BCUT2D eigenvalue weighted by molar-refractivity contribution is 7.89. The van der Waals surface area contributed by atoms with Crippen LogP contribution in [0.1, 0.15) is 28.4 Å². The summed E-state index contributed by atoms with van der Waals surface area (Å²) >= 11 is 0. The first-order valence-corrected chi connectivity index (χ1v) is 9.59. The summed E-state index contributed by atoms with van der Waals surface area (Å²) in [6.45, 7) is 5.30. The Labute approximate surface area is 153 Å². The number of aryl methyl sites for hydroxylation is 2. The number of sulfonamides is 1. The Morgan fingerprint density at radius 3 is 1.96 bits per heavy atom. The van der Waals surface area contributed by atoms with Crippen LogP contribution in [0.3, 0.4) is 0 Å². The quantitative estimate of drug-likeness (QED) is 0.456. The van der Waals surface area contributed by atoms with E-state index in [0.29, 0.717) is 0 Å². The van der Waals surface area contributed by atoms with Gasteiger partial charge in [-0.15, -0.1) is 0 Å². The molecule has 0 aliphatic rings. The van der Waals surface area contributed by atoms with Crippen LogP contribution in [0, 0.1) is 13.8 Å². The molecule has 0 bridgehead atoms. The van der Waals surface area contributed by atoms with Gasteiger partial charge in [0.2, 0.25) is 10.0 Å². The lowest BCUT2D eigenvalue weighted by molar-refractivity contribution is -0.143. The zero-order chi connectivity index (χ0) is 19.3. The van der Waals surface area contributed by atoms with E-state index < -0.39 is 27.8 Å². The van der Waals surface area contributed by atoms with Crippen molar-refractivity contribution in [3.63, 3.8) is 0 Å². The maximum Gasteiger partial charge on any atom is 0.332 e. The average molecular weight is 375 g/mol. The first-order chi connectivity index (χ1) is 12.2. The molecule has 0 amide bonds. The summed E-state index contributed by atoms with van der Waals surface area (Å²) in [5.41, 5.74) is 2.05. The molecule has 138 valence electrons. The molecule has 1 atom stereocenters. The Morgan fingerprint density at radius 1 is 0.962 bits per heavy atom. The van der Waals surface area contributed by atoms with Gasteiger partial charge < -0.3 is 4.74 Å². The highest BCUT2D eigenvalue weighted by Crippen LogP contribution is 2.13. The number of esters is 1. The zero-order valence-electron chi connectivity index (χ0n) is 14.9. The summed E-state index contributed by atoms with van der Waals surface area (Å²) in [6, 6.07) is 11.0. The molecular weight excluding hydrogens is 354 g/mol. The number of carbonyl (C=O) groups is 2. The van der Waals surface area contributed by atoms with E-state index in [4.69, 9.17) is 4.74 Å². The minimum absolute atomic E-state index is 0.0305. The topological polar surface area (TPSA) is 89.5 Å². The average Bonchev–Trinajstić information content (AvgIpc) is 2.60. The van der Waals surface area contributed by atoms with E-state index in [1.807, 2.05) is 13.8 Å². The van der Waals surface area contributed by atoms with Gasteiger partial charge in [0.05, 0.1) is 11.5 Å². The van der Waals surface area contributed by atoms with Gasteiger partial charge in [-0.05, 0) is 32.9 Å². The summed E-state index contributed by atoms with van der Waals surface area (Å²) in [5, 5.41) is 0. The third-order valence-electron chi connectivity index (χ3n) is 3.72. The molecule has 0 heterocycles. The van der Waals surface area contributed by atoms with E-state index in [1.165, 1.54) is 12.1 Å². The molecule has 0 aromatic heterocycles. The third kappa shape index (κ3) is 4.77. The monoisotopic (exact) mass is 375 g/mol. The summed E-state index contributed by atoms with van der Waals surface area (Å²) in [5.74, 6) is -1.60. The fourth-order valence-corrected chi connectivity index (χ4v) is 3.40. The van der Waals surface area contributed by atoms with Crippen molar-refractivity contribution in [2.45, 2.75) is 31.7 Å². The molecule has 0 aliphatic heterocycles. The maximum absolute atomic E-state index is 12.7. The van der Waals surface area contributed by atoms with Crippen LogP contribution < -0.4 is 4.72 Å². The Balaban J connectivity index is 2.35. The zero-order valence-corrected chi connectivity index (χ0v) is 15.7. The SMILES string of the molecule is CCOC(=O)C(NS(=O)(=O)c1ccc(C)cc1)C(=O)c1ccc(C)cc1. The Morgan fingerprint density at radius 2 is 1.46 bits per heavy atom. The lowest BCUT2D eigenvalue weighted by atomic mass is 10.0. The predicted octanol–water partition coefficient (Wildman–Crippen LogP) is 2.40. The lowest BCUT2D eigenvalue weighted by Crippen LogP contribution is -2.47. The van der Waals surface area contributed by atoms with Crippen LogP contribution in [0.5, 0.6) is 0 Å². The molecule has 1 unspecified atom stereocenters. The highest BCUT2D eigenvalue weighted by Gasteiger charge is 2.33. The van der Waals surface area contributed by atoms with E-state index >= 15 is 0 Å². The standard InChI is InChI=1S/C19H21NO5S/c1-4-25-19(22)17(18(21)15-9-5-13(2)6-10-15)20-26(23,24)16-11-7-14(3)8-12-16/h5-12,17,20H,4H2,1-3H3. The molecule has 1 N–H and O–H groups in total.